The van der Waals surface area contributed by atoms with Crippen LogP contribution in [0.3, 0.4) is 0 Å². The van der Waals surface area contributed by atoms with Crippen LogP contribution in [0.25, 0.3) is 0 Å². The predicted octanol–water partition coefficient (Wildman–Crippen LogP) is 21.7. The van der Waals surface area contributed by atoms with E-state index in [0.717, 1.165) is 25.7 Å². The minimum Gasteiger partial charge on any atom is -0.394 e. The number of hydrogen-bond donors (Lipinski definition) is 3. The summed E-state index contributed by atoms with van der Waals surface area (Å²) >= 11 is 0. The van der Waals surface area contributed by atoms with Crippen molar-refractivity contribution in [1.29, 1.82) is 0 Å². The molecule has 4 nitrogen and oxygen atoms in total. The van der Waals surface area contributed by atoms with Crippen LogP contribution in [-0.2, 0) is 4.79 Å². The van der Waals surface area contributed by atoms with Crippen molar-refractivity contribution >= 4 is 5.91 Å². The van der Waals surface area contributed by atoms with Crippen LogP contribution in [0.5, 0.6) is 0 Å². The Labute approximate surface area is 435 Å². The highest BCUT2D eigenvalue weighted by Crippen LogP contribution is 2.19. The first-order valence-corrected chi connectivity index (χ1v) is 32.4. The molecule has 1 amide bonds. The minimum atomic E-state index is -0.658. The molecule has 0 saturated heterocycles. The van der Waals surface area contributed by atoms with Crippen molar-refractivity contribution in [2.75, 3.05) is 6.61 Å². The molecule has 3 N–H and O–H groups in total. The summed E-state index contributed by atoms with van der Waals surface area (Å²) in [7, 11) is 0. The van der Waals surface area contributed by atoms with Crippen molar-refractivity contribution in [3.63, 3.8) is 0 Å². The van der Waals surface area contributed by atoms with Crippen LogP contribution in [0.4, 0.5) is 0 Å². The van der Waals surface area contributed by atoms with Gasteiger partial charge in [0.1, 0.15) is 0 Å². The Bertz CT molecular complexity index is 967. The second-order valence-electron chi connectivity index (χ2n) is 22.5. The quantitative estimate of drug-likeness (QED) is 0.0420. The van der Waals surface area contributed by atoms with Crippen molar-refractivity contribution in [3.05, 3.63) is 12.2 Å². The van der Waals surface area contributed by atoms with E-state index >= 15 is 0 Å². The van der Waals surface area contributed by atoms with E-state index in [0.29, 0.717) is 12.8 Å². The predicted molar refractivity (Wildman–Crippen MR) is 309 cm³/mol. The number of unbranched alkanes of at least 4 members (excludes halogenated alkanes) is 52. The van der Waals surface area contributed by atoms with Crippen LogP contribution in [0, 0.1) is 0 Å². The van der Waals surface area contributed by atoms with Gasteiger partial charge >= 0.3 is 0 Å². The molecule has 2 unspecified atom stereocenters. The summed E-state index contributed by atoms with van der Waals surface area (Å²) in [6.45, 7) is 4.41. The van der Waals surface area contributed by atoms with Crippen LogP contribution in [0.15, 0.2) is 12.2 Å². The van der Waals surface area contributed by atoms with Crippen molar-refractivity contribution in [2.45, 2.75) is 392 Å². The summed E-state index contributed by atoms with van der Waals surface area (Å²) in [5.41, 5.74) is 0. The van der Waals surface area contributed by atoms with Gasteiger partial charge in [0.25, 0.3) is 0 Å². The molecule has 0 aromatic rings. The zero-order valence-corrected chi connectivity index (χ0v) is 47.6. The van der Waals surface area contributed by atoms with Crippen molar-refractivity contribution < 1.29 is 15.0 Å². The van der Waals surface area contributed by atoms with Crippen molar-refractivity contribution in [2.24, 2.45) is 0 Å². The first kappa shape index (κ1) is 68.1. The Morgan fingerprint density at radius 3 is 0.797 bits per heavy atom. The molecule has 0 bridgehead atoms. The average Bonchev–Trinajstić information content (AvgIpc) is 3.35. The van der Waals surface area contributed by atoms with Gasteiger partial charge in [-0.15, -0.1) is 0 Å². The van der Waals surface area contributed by atoms with E-state index in [1.54, 1.807) is 0 Å². The van der Waals surface area contributed by atoms with Crippen LogP contribution in [-0.4, -0.2) is 34.9 Å². The number of amides is 1. The standard InChI is InChI=1S/C65H129NO3/c1-3-5-7-9-11-13-15-17-19-21-23-25-27-29-31-32-33-35-36-38-40-42-44-46-48-50-52-54-56-58-60-64(68)63(62-67)66-65(69)61-59-57-55-53-51-49-47-45-43-41-39-37-34-30-28-26-24-22-20-18-16-14-12-10-8-6-4-2/h22,24,63-64,67-68H,3-21,23,25-62H2,1-2H3,(H,66,69)/b24-22-. The number of nitrogens with one attached hydrogen (secondary N) is 1. The number of carbonyl (C=O) groups excluding carboxylic acids is 1. The number of allylic oxidation sites excluding steroid dienone is 2. The lowest BCUT2D eigenvalue weighted by atomic mass is 10.0. The molecular weight excluding hydrogens is 843 g/mol. The van der Waals surface area contributed by atoms with E-state index < -0.39 is 12.1 Å². The molecule has 0 radical (unpaired) electrons. The van der Waals surface area contributed by atoms with Gasteiger partial charge in [0.15, 0.2) is 0 Å². The molecule has 0 aliphatic rings. The summed E-state index contributed by atoms with van der Waals surface area (Å²) in [5, 5.41) is 23.4. The van der Waals surface area contributed by atoms with Gasteiger partial charge in [-0.25, -0.2) is 0 Å². The monoisotopic (exact) mass is 972 g/mol. The second kappa shape index (κ2) is 61.4. The van der Waals surface area contributed by atoms with Crippen molar-refractivity contribution in [3.8, 4) is 0 Å². The number of hydrogen-bond acceptors (Lipinski definition) is 3. The number of aliphatic hydroxyl groups is 2. The van der Waals surface area contributed by atoms with E-state index in [4.69, 9.17) is 0 Å². The molecule has 0 heterocycles. The van der Waals surface area contributed by atoms with Gasteiger partial charge < -0.3 is 15.5 Å². The highest BCUT2D eigenvalue weighted by molar-refractivity contribution is 5.76. The fourth-order valence-corrected chi connectivity index (χ4v) is 10.6. The third kappa shape index (κ3) is 57.9. The smallest absolute Gasteiger partial charge is 0.220 e. The largest absolute Gasteiger partial charge is 0.394 e. The van der Waals surface area contributed by atoms with E-state index in [2.05, 4.69) is 31.3 Å². The average molecular weight is 973 g/mol. The number of carbonyl (C=O) groups is 1. The summed E-state index contributed by atoms with van der Waals surface area (Å²) < 4.78 is 0. The zero-order chi connectivity index (χ0) is 49.9. The Morgan fingerprint density at radius 1 is 0.333 bits per heavy atom. The SMILES string of the molecule is CCCCCCCCCC/C=C\CCCCCCCCCCCCCCCCCC(=O)NC(CO)C(O)CCCCCCCCCCCCCCCCCCCCCCCCCCCCCCCC. The van der Waals surface area contributed by atoms with E-state index in [9.17, 15) is 15.0 Å². The van der Waals surface area contributed by atoms with E-state index in [1.807, 2.05) is 0 Å². The molecule has 2 atom stereocenters. The summed E-state index contributed by atoms with van der Waals surface area (Å²) in [5.74, 6) is -0.0226. The lowest BCUT2D eigenvalue weighted by molar-refractivity contribution is -0.123. The molecule has 4 heteroatoms. The van der Waals surface area contributed by atoms with Gasteiger partial charge in [0.2, 0.25) is 5.91 Å². The second-order valence-corrected chi connectivity index (χ2v) is 22.5. The molecular formula is C65H129NO3. The third-order valence-corrected chi connectivity index (χ3v) is 15.5. The Morgan fingerprint density at radius 2 is 0.551 bits per heavy atom. The molecule has 0 saturated carbocycles. The zero-order valence-electron chi connectivity index (χ0n) is 47.6. The Balaban J connectivity index is 3.39. The van der Waals surface area contributed by atoms with E-state index in [1.165, 1.54) is 327 Å². The van der Waals surface area contributed by atoms with Crippen LogP contribution in [0.1, 0.15) is 380 Å². The summed E-state index contributed by atoms with van der Waals surface area (Å²) in [6, 6.07) is -0.534. The number of rotatable bonds is 61. The maximum absolute atomic E-state index is 12.5. The fourth-order valence-electron chi connectivity index (χ4n) is 10.6. The molecule has 0 fully saturated rings. The minimum absolute atomic E-state index is 0.0226. The lowest BCUT2D eigenvalue weighted by Crippen LogP contribution is -2.45. The van der Waals surface area contributed by atoms with Crippen LogP contribution < -0.4 is 5.32 Å². The van der Waals surface area contributed by atoms with Gasteiger partial charge in [-0.05, 0) is 38.5 Å². The Hall–Kier alpha value is -0.870. The summed E-state index contributed by atoms with van der Waals surface area (Å²) in [6.07, 6.45) is 81.0. The molecule has 0 spiro atoms. The topological polar surface area (TPSA) is 69.6 Å². The molecule has 0 aromatic heterocycles. The van der Waals surface area contributed by atoms with E-state index in [-0.39, 0.29) is 12.5 Å². The van der Waals surface area contributed by atoms with Crippen LogP contribution in [0.2, 0.25) is 0 Å². The normalized spacial score (nSPS) is 12.7. The van der Waals surface area contributed by atoms with Gasteiger partial charge in [-0.3, -0.25) is 4.79 Å². The van der Waals surface area contributed by atoms with Crippen LogP contribution >= 0.6 is 0 Å². The first-order chi connectivity index (χ1) is 34.2. The fraction of sp³-hybridized carbons (Fsp3) is 0.954. The highest BCUT2D eigenvalue weighted by atomic mass is 16.3. The molecule has 412 valence electrons. The third-order valence-electron chi connectivity index (χ3n) is 15.5. The molecule has 0 aliphatic heterocycles. The molecule has 0 aliphatic carbocycles. The first-order valence-electron chi connectivity index (χ1n) is 32.4. The number of aliphatic hydroxyl groups excluding tert-OH is 2. The maximum Gasteiger partial charge on any atom is 0.220 e. The molecule has 0 aromatic carbocycles. The van der Waals surface area contributed by atoms with Gasteiger partial charge in [-0.2, -0.15) is 0 Å². The van der Waals surface area contributed by atoms with Crippen molar-refractivity contribution in [1.82, 2.24) is 5.32 Å². The summed E-state index contributed by atoms with van der Waals surface area (Å²) in [4.78, 5) is 12.5. The highest BCUT2D eigenvalue weighted by Gasteiger charge is 2.20. The maximum atomic E-state index is 12.5. The van der Waals surface area contributed by atoms with Gasteiger partial charge in [0, 0.05) is 6.42 Å². The Kier molecular flexibility index (Phi) is 60.7. The molecule has 0 rings (SSSR count). The van der Waals surface area contributed by atoms with Gasteiger partial charge in [-0.1, -0.05) is 347 Å². The van der Waals surface area contributed by atoms with Gasteiger partial charge in [0.05, 0.1) is 18.8 Å². The molecule has 69 heavy (non-hydrogen) atoms. The lowest BCUT2D eigenvalue weighted by Gasteiger charge is -2.22.